The third-order valence-corrected chi connectivity index (χ3v) is 4.36. The van der Waals surface area contributed by atoms with Crippen LogP contribution in [0.5, 0.6) is 0 Å². The van der Waals surface area contributed by atoms with E-state index in [1.54, 1.807) is 0 Å². The molecule has 0 spiro atoms. The maximum absolute atomic E-state index is 13.1. The lowest BCUT2D eigenvalue weighted by Gasteiger charge is -2.10. The third-order valence-electron chi connectivity index (χ3n) is 2.49. The summed E-state index contributed by atoms with van der Waals surface area (Å²) in [5.74, 6) is -1.99. The van der Waals surface area contributed by atoms with E-state index in [2.05, 4.69) is 0 Å². The Balaban J connectivity index is 2.73. The highest BCUT2D eigenvalue weighted by Crippen LogP contribution is 2.31. The highest BCUT2D eigenvalue weighted by Gasteiger charge is 2.24. The average Bonchev–Trinajstić information content (AvgIpc) is 2.26. The molecular formula is C12H10F2N2O2S. The second kappa shape index (κ2) is 4.51. The van der Waals surface area contributed by atoms with Crippen LogP contribution >= 0.6 is 0 Å². The van der Waals surface area contributed by atoms with E-state index >= 15 is 0 Å². The van der Waals surface area contributed by atoms with Crippen LogP contribution in [0, 0.1) is 11.6 Å². The molecule has 0 heterocycles. The van der Waals surface area contributed by atoms with Gasteiger partial charge in [-0.15, -0.1) is 0 Å². The zero-order valence-corrected chi connectivity index (χ0v) is 10.4. The number of nitrogens with two attached hydrogens (primary N) is 2. The van der Waals surface area contributed by atoms with Crippen LogP contribution < -0.4 is 11.5 Å². The van der Waals surface area contributed by atoms with Gasteiger partial charge < -0.3 is 11.5 Å². The van der Waals surface area contributed by atoms with Gasteiger partial charge in [-0.3, -0.25) is 0 Å². The van der Waals surface area contributed by atoms with Crippen molar-refractivity contribution < 1.29 is 17.2 Å². The van der Waals surface area contributed by atoms with Gasteiger partial charge in [0, 0.05) is 6.07 Å². The van der Waals surface area contributed by atoms with Gasteiger partial charge in [-0.2, -0.15) is 0 Å². The van der Waals surface area contributed by atoms with Crippen molar-refractivity contribution in [3.05, 3.63) is 48.0 Å². The van der Waals surface area contributed by atoms with Gasteiger partial charge in [0.05, 0.1) is 16.3 Å². The molecule has 0 aliphatic rings. The molecule has 0 bridgehead atoms. The van der Waals surface area contributed by atoms with Crippen LogP contribution in [0.3, 0.4) is 0 Å². The van der Waals surface area contributed by atoms with E-state index in [-0.39, 0.29) is 16.3 Å². The number of sulfone groups is 1. The summed E-state index contributed by atoms with van der Waals surface area (Å²) >= 11 is 0. The van der Waals surface area contributed by atoms with Crippen molar-refractivity contribution in [2.45, 2.75) is 9.79 Å². The summed E-state index contributed by atoms with van der Waals surface area (Å²) in [5, 5.41) is 0. The average molecular weight is 284 g/mol. The second-order valence-corrected chi connectivity index (χ2v) is 5.76. The topological polar surface area (TPSA) is 86.2 Å². The van der Waals surface area contributed by atoms with E-state index in [9.17, 15) is 17.2 Å². The number of hydrogen-bond donors (Lipinski definition) is 2. The van der Waals surface area contributed by atoms with Crippen molar-refractivity contribution >= 4 is 21.2 Å². The third kappa shape index (κ3) is 2.37. The lowest BCUT2D eigenvalue weighted by atomic mass is 10.3. The van der Waals surface area contributed by atoms with Crippen LogP contribution in [-0.4, -0.2) is 8.42 Å². The molecule has 0 saturated heterocycles. The second-order valence-electron chi connectivity index (χ2n) is 3.87. The summed E-state index contributed by atoms with van der Waals surface area (Å²) in [6.45, 7) is 0. The summed E-state index contributed by atoms with van der Waals surface area (Å²) in [6, 6.07) is 6.18. The van der Waals surface area contributed by atoms with Crippen molar-refractivity contribution in [1.29, 1.82) is 0 Å². The quantitative estimate of drug-likeness (QED) is 0.825. The van der Waals surface area contributed by atoms with Crippen molar-refractivity contribution in [3.63, 3.8) is 0 Å². The first-order chi connectivity index (χ1) is 8.82. The Kier molecular flexibility index (Phi) is 3.15. The highest BCUT2D eigenvalue weighted by atomic mass is 32.2. The standard InChI is InChI=1S/C12H10F2N2O2S/c13-7-4-8(14)6-9(5-7)19(17,18)12-10(15)2-1-3-11(12)16/h1-6H,15-16H2. The van der Waals surface area contributed by atoms with Crippen molar-refractivity contribution in [2.24, 2.45) is 0 Å². The summed E-state index contributed by atoms with van der Waals surface area (Å²) in [7, 11) is -4.18. The minimum atomic E-state index is -4.18. The molecule has 0 radical (unpaired) electrons. The van der Waals surface area contributed by atoms with Crippen LogP contribution in [-0.2, 0) is 9.84 Å². The van der Waals surface area contributed by atoms with E-state index < -0.39 is 26.4 Å². The molecule has 2 aromatic rings. The maximum atomic E-state index is 13.1. The van der Waals surface area contributed by atoms with Crippen LogP contribution in [0.15, 0.2) is 46.2 Å². The fraction of sp³-hybridized carbons (Fsp3) is 0. The molecule has 100 valence electrons. The molecule has 4 nitrogen and oxygen atoms in total. The Hall–Kier alpha value is -2.15. The monoisotopic (exact) mass is 284 g/mol. The number of halogens is 2. The molecule has 0 unspecified atom stereocenters. The first kappa shape index (κ1) is 13.3. The summed E-state index contributed by atoms with van der Waals surface area (Å²) < 4.78 is 50.8. The molecule has 4 N–H and O–H groups in total. The van der Waals surface area contributed by atoms with Crippen molar-refractivity contribution in [3.8, 4) is 0 Å². The van der Waals surface area contributed by atoms with Crippen LogP contribution in [0.4, 0.5) is 20.2 Å². The molecule has 7 heteroatoms. The molecule has 0 atom stereocenters. The van der Waals surface area contributed by atoms with E-state index in [1.807, 2.05) is 0 Å². The molecule has 0 aliphatic heterocycles. The number of benzene rings is 2. The molecule has 2 aromatic carbocycles. The Labute approximate surface area is 108 Å². The maximum Gasteiger partial charge on any atom is 0.210 e. The number of anilines is 2. The highest BCUT2D eigenvalue weighted by molar-refractivity contribution is 7.91. The summed E-state index contributed by atoms with van der Waals surface area (Å²) in [6.07, 6.45) is 0. The predicted octanol–water partition coefficient (Wildman–Crippen LogP) is 1.96. The van der Waals surface area contributed by atoms with Gasteiger partial charge in [0.1, 0.15) is 16.5 Å². The first-order valence-corrected chi connectivity index (χ1v) is 6.66. The van der Waals surface area contributed by atoms with Crippen molar-refractivity contribution in [1.82, 2.24) is 0 Å². The predicted molar refractivity (Wildman–Crippen MR) is 67.1 cm³/mol. The smallest absolute Gasteiger partial charge is 0.210 e. The summed E-state index contributed by atoms with van der Waals surface area (Å²) in [4.78, 5) is -0.880. The lowest BCUT2D eigenvalue weighted by molar-refractivity contribution is 0.567. The largest absolute Gasteiger partial charge is 0.398 e. The molecule has 2 rings (SSSR count). The fourth-order valence-corrected chi connectivity index (χ4v) is 3.21. The van der Waals surface area contributed by atoms with Crippen LogP contribution in [0.2, 0.25) is 0 Å². The van der Waals surface area contributed by atoms with Gasteiger partial charge in [0.15, 0.2) is 0 Å². The normalized spacial score (nSPS) is 11.5. The first-order valence-electron chi connectivity index (χ1n) is 5.17. The van der Waals surface area contributed by atoms with Gasteiger partial charge in [-0.05, 0) is 24.3 Å². The van der Waals surface area contributed by atoms with Gasteiger partial charge in [-0.1, -0.05) is 6.07 Å². The number of hydrogen-bond acceptors (Lipinski definition) is 4. The fourth-order valence-electron chi connectivity index (χ4n) is 1.69. The van der Waals surface area contributed by atoms with E-state index in [0.29, 0.717) is 18.2 Å². The molecule has 19 heavy (non-hydrogen) atoms. The van der Waals surface area contributed by atoms with Gasteiger partial charge in [-0.25, -0.2) is 17.2 Å². The van der Waals surface area contributed by atoms with Crippen LogP contribution in [0.25, 0.3) is 0 Å². The number of rotatable bonds is 2. The van der Waals surface area contributed by atoms with Crippen LogP contribution in [0.1, 0.15) is 0 Å². The Bertz CT molecular complexity index is 705. The number of nitrogen functional groups attached to an aromatic ring is 2. The Morgan fingerprint density at radius 1 is 0.895 bits per heavy atom. The Morgan fingerprint density at radius 3 is 1.84 bits per heavy atom. The molecule has 0 aliphatic carbocycles. The van der Waals surface area contributed by atoms with Gasteiger partial charge in [0.25, 0.3) is 0 Å². The zero-order chi connectivity index (χ0) is 14.2. The molecular weight excluding hydrogens is 274 g/mol. The van der Waals surface area contributed by atoms with E-state index in [4.69, 9.17) is 11.5 Å². The minimum absolute atomic E-state index is 0.0790. The summed E-state index contributed by atoms with van der Waals surface area (Å²) in [5.41, 5.74) is 11.0. The van der Waals surface area contributed by atoms with E-state index in [1.165, 1.54) is 18.2 Å². The molecule has 0 saturated carbocycles. The minimum Gasteiger partial charge on any atom is -0.398 e. The Morgan fingerprint density at radius 2 is 1.37 bits per heavy atom. The lowest BCUT2D eigenvalue weighted by Crippen LogP contribution is -2.09. The van der Waals surface area contributed by atoms with Gasteiger partial charge in [0.2, 0.25) is 9.84 Å². The zero-order valence-electron chi connectivity index (χ0n) is 9.60. The molecule has 0 aromatic heterocycles. The molecule has 0 amide bonds. The molecule has 0 fully saturated rings. The SMILES string of the molecule is Nc1cccc(N)c1S(=O)(=O)c1cc(F)cc(F)c1. The van der Waals surface area contributed by atoms with Crippen molar-refractivity contribution in [2.75, 3.05) is 11.5 Å². The van der Waals surface area contributed by atoms with E-state index in [0.717, 1.165) is 0 Å². The van der Waals surface area contributed by atoms with Gasteiger partial charge >= 0.3 is 0 Å².